The zero-order valence-electron chi connectivity index (χ0n) is 33.4. The molecule has 10 aromatic rings. The third-order valence-corrected chi connectivity index (χ3v) is 10.5. The second-order valence-corrected chi connectivity index (χ2v) is 14.5. The van der Waals surface area contributed by atoms with Crippen LogP contribution in [0.25, 0.3) is 88.8 Å². The van der Waals surface area contributed by atoms with Gasteiger partial charge in [-0.3, -0.25) is 15.0 Å². The van der Waals surface area contributed by atoms with Gasteiger partial charge in [0.1, 0.15) is 0 Å². The molecule has 0 spiro atoms. The number of nitrogens with zero attached hydrogens (tertiary/aromatic N) is 5. The van der Waals surface area contributed by atoms with E-state index >= 15 is 0 Å². The van der Waals surface area contributed by atoms with Crippen molar-refractivity contribution in [3.8, 4) is 67.0 Å². The zero-order valence-corrected chi connectivity index (χ0v) is 35.8. The Labute approximate surface area is 364 Å². The Morgan fingerprint density at radius 1 is 0.450 bits per heavy atom. The van der Waals surface area contributed by atoms with Crippen LogP contribution in [0, 0.1) is 32.9 Å². The Morgan fingerprint density at radius 2 is 1.12 bits per heavy atom. The van der Waals surface area contributed by atoms with Gasteiger partial charge < -0.3 is 9.97 Å². The van der Waals surface area contributed by atoms with Crippen molar-refractivity contribution >= 4 is 21.8 Å². The summed E-state index contributed by atoms with van der Waals surface area (Å²) in [5.41, 5.74) is 18.0. The summed E-state index contributed by atoms with van der Waals surface area (Å²) in [4.78, 5) is 23.2. The molecular formula is C54H39IrN5-2. The summed E-state index contributed by atoms with van der Waals surface area (Å²) in [6.07, 6.45) is 9.27. The molecule has 291 valence electrons. The molecule has 0 bridgehead atoms. The Bertz CT molecular complexity index is 3020. The maximum Gasteiger partial charge on any atom is 0.0787 e. The summed E-state index contributed by atoms with van der Waals surface area (Å²) in [6, 6.07) is 58.6. The number of hydrogen-bond donors (Lipinski definition) is 0. The number of aryl methyl sites for hydroxylation is 3. The van der Waals surface area contributed by atoms with E-state index in [4.69, 9.17) is 9.97 Å². The first-order valence-electron chi connectivity index (χ1n) is 19.6. The molecular weight excluding hydrogens is 911 g/mol. The van der Waals surface area contributed by atoms with Crippen molar-refractivity contribution in [3.63, 3.8) is 0 Å². The van der Waals surface area contributed by atoms with Gasteiger partial charge in [-0.05, 0) is 102 Å². The molecule has 0 amide bonds. The van der Waals surface area contributed by atoms with E-state index in [1.165, 1.54) is 5.56 Å². The fourth-order valence-corrected chi connectivity index (χ4v) is 7.61. The molecule has 10 rings (SSSR count). The quantitative estimate of drug-likeness (QED) is 0.123. The van der Waals surface area contributed by atoms with Crippen molar-refractivity contribution in [2.45, 2.75) is 20.8 Å². The molecule has 5 aromatic heterocycles. The van der Waals surface area contributed by atoms with Crippen molar-refractivity contribution in [3.05, 3.63) is 212 Å². The Hall–Kier alpha value is -6.98. The fourth-order valence-electron chi connectivity index (χ4n) is 7.61. The van der Waals surface area contributed by atoms with E-state index in [1.54, 1.807) is 0 Å². The number of rotatable bonds is 6. The van der Waals surface area contributed by atoms with Crippen molar-refractivity contribution < 1.29 is 20.1 Å². The number of pyridine rings is 5. The number of fused-ring (bicyclic) bond motifs is 3. The maximum absolute atomic E-state index is 4.86. The van der Waals surface area contributed by atoms with Crippen LogP contribution in [-0.2, 0) is 20.1 Å². The molecule has 0 saturated carbocycles. The van der Waals surface area contributed by atoms with Gasteiger partial charge in [-0.25, -0.2) is 0 Å². The molecule has 0 unspecified atom stereocenters. The molecule has 0 atom stereocenters. The van der Waals surface area contributed by atoms with E-state index in [0.29, 0.717) is 0 Å². The van der Waals surface area contributed by atoms with Crippen molar-refractivity contribution in [2.24, 2.45) is 0 Å². The fraction of sp³-hybridized carbons (Fsp3) is 0.0556. The first-order valence-corrected chi connectivity index (χ1v) is 19.6. The molecule has 5 aromatic carbocycles. The number of benzene rings is 5. The van der Waals surface area contributed by atoms with E-state index in [-0.39, 0.29) is 20.1 Å². The third-order valence-electron chi connectivity index (χ3n) is 10.5. The predicted octanol–water partition coefficient (Wildman–Crippen LogP) is 13.2. The molecule has 0 fully saturated rings. The van der Waals surface area contributed by atoms with Gasteiger partial charge in [0, 0.05) is 78.7 Å². The maximum atomic E-state index is 4.86. The number of aromatic nitrogens is 5. The Morgan fingerprint density at radius 3 is 1.87 bits per heavy atom. The van der Waals surface area contributed by atoms with Crippen molar-refractivity contribution in [1.82, 2.24) is 24.9 Å². The van der Waals surface area contributed by atoms with E-state index in [9.17, 15) is 0 Å². The molecule has 6 heteroatoms. The Kier molecular flexibility index (Phi) is 11.9. The predicted molar refractivity (Wildman–Crippen MR) is 241 cm³/mol. The smallest absolute Gasteiger partial charge is 0.0787 e. The third kappa shape index (κ3) is 8.30. The van der Waals surface area contributed by atoms with E-state index in [1.807, 2.05) is 110 Å². The molecule has 60 heavy (non-hydrogen) atoms. The summed E-state index contributed by atoms with van der Waals surface area (Å²) in [5, 5.41) is 2.19. The van der Waals surface area contributed by atoms with Gasteiger partial charge in [0.25, 0.3) is 0 Å². The van der Waals surface area contributed by atoms with Gasteiger partial charge in [-0.1, -0.05) is 90.3 Å². The van der Waals surface area contributed by atoms with Crippen LogP contribution in [0.2, 0.25) is 0 Å². The van der Waals surface area contributed by atoms with Crippen LogP contribution >= 0.6 is 0 Å². The van der Waals surface area contributed by atoms with Crippen LogP contribution in [0.15, 0.2) is 183 Å². The molecule has 5 nitrogen and oxygen atoms in total. The molecule has 5 heterocycles. The first-order chi connectivity index (χ1) is 29.0. The van der Waals surface area contributed by atoms with Crippen LogP contribution in [-0.4, -0.2) is 24.9 Å². The summed E-state index contributed by atoms with van der Waals surface area (Å²) in [6.45, 7) is 6.29. The van der Waals surface area contributed by atoms with Crippen LogP contribution < -0.4 is 0 Å². The summed E-state index contributed by atoms with van der Waals surface area (Å²) in [7, 11) is 0. The molecule has 0 N–H and O–H groups in total. The summed E-state index contributed by atoms with van der Waals surface area (Å²) < 4.78 is 0. The van der Waals surface area contributed by atoms with Crippen LogP contribution in [0.5, 0.6) is 0 Å². The van der Waals surface area contributed by atoms with E-state index in [2.05, 4.69) is 121 Å². The van der Waals surface area contributed by atoms with Gasteiger partial charge in [0.2, 0.25) is 0 Å². The largest absolute Gasteiger partial charge is 0.305 e. The van der Waals surface area contributed by atoms with Crippen LogP contribution in [0.3, 0.4) is 0 Å². The zero-order chi connectivity index (χ0) is 40.1. The Balaban J connectivity index is 0.000000220. The molecule has 0 aliphatic rings. The molecule has 1 radical (unpaired) electrons. The van der Waals surface area contributed by atoms with Crippen molar-refractivity contribution in [1.29, 1.82) is 0 Å². The molecule has 0 saturated heterocycles. The second kappa shape index (κ2) is 17.9. The minimum Gasteiger partial charge on any atom is -0.305 e. The average Bonchev–Trinajstić information content (AvgIpc) is 3.30. The van der Waals surface area contributed by atoms with Gasteiger partial charge >= 0.3 is 0 Å². The standard InChI is InChI=1S/C37H27N4.C17H12N.Ir/c1-23-16-33(25(3)41-22-23)28-17-27(32-20-26(12-11-24(32)2)35-10-4-5-13-38-35)18-29(19-28)34-21-36-30(8-6-14-39-36)31-9-7-15-40-37(31)34;1-2-8-14(9-3-1)15-10-4-5-11-16(15)17-12-6-7-13-18-17;/h4-11,13-22H,1-3H3;1-10,12-13H;/q2*-1;. The van der Waals surface area contributed by atoms with Gasteiger partial charge in [-0.2, -0.15) is 0 Å². The van der Waals surface area contributed by atoms with Gasteiger partial charge in [0.15, 0.2) is 0 Å². The summed E-state index contributed by atoms with van der Waals surface area (Å²) >= 11 is 0. The molecule has 0 aliphatic carbocycles. The normalized spacial score (nSPS) is 10.8. The topological polar surface area (TPSA) is 64.5 Å². The summed E-state index contributed by atoms with van der Waals surface area (Å²) in [5.74, 6) is 0. The molecule has 0 aliphatic heterocycles. The average molecular weight is 950 g/mol. The number of hydrogen-bond acceptors (Lipinski definition) is 5. The van der Waals surface area contributed by atoms with E-state index in [0.717, 1.165) is 100 Å². The first kappa shape index (κ1) is 39.8. The van der Waals surface area contributed by atoms with E-state index < -0.39 is 0 Å². The van der Waals surface area contributed by atoms with Gasteiger partial charge in [-0.15, -0.1) is 59.2 Å². The SMILES string of the molecule is Cc1cnc(C)c(-c2cc(-c3cc(-c4ccccn4)[c-]cc3C)cc(-c3cc4ncccc4c4cccnc34)c2)c1.[Ir].[c-]1cccc(-c2ccccc2)c1-c1ccccn1. The monoisotopic (exact) mass is 950 g/mol. The minimum absolute atomic E-state index is 0. The van der Waals surface area contributed by atoms with Crippen LogP contribution in [0.4, 0.5) is 0 Å². The van der Waals surface area contributed by atoms with Crippen LogP contribution in [0.1, 0.15) is 16.8 Å². The van der Waals surface area contributed by atoms with Crippen molar-refractivity contribution in [2.75, 3.05) is 0 Å². The van der Waals surface area contributed by atoms with Gasteiger partial charge in [0.05, 0.1) is 11.0 Å². The second-order valence-electron chi connectivity index (χ2n) is 14.5. The minimum atomic E-state index is 0.